The summed E-state index contributed by atoms with van der Waals surface area (Å²) in [6.07, 6.45) is 0.698. The van der Waals surface area contributed by atoms with Gasteiger partial charge in [0, 0.05) is 17.0 Å². The average molecular weight is 450 g/mol. The standard InChI is InChI=1S/C21H23NO6S2/c1-21(2)19(20(24)25)22(10-11-29-21)30(26,27)17-7-4-14(5-8-17)15-6-9-18(28-3)16(12-15)13-23/h4-9,12-13,19H,10-11H2,1-3H3,(H,24,25)/t19-/m0/s1. The lowest BCUT2D eigenvalue weighted by Gasteiger charge is -2.42. The van der Waals surface area contributed by atoms with E-state index in [-0.39, 0.29) is 11.4 Å². The van der Waals surface area contributed by atoms with Crippen molar-refractivity contribution < 1.29 is 27.9 Å². The number of sulfonamides is 1. The van der Waals surface area contributed by atoms with E-state index in [0.717, 1.165) is 15.4 Å². The van der Waals surface area contributed by atoms with Crippen LogP contribution >= 0.6 is 11.8 Å². The van der Waals surface area contributed by atoms with E-state index < -0.39 is 26.8 Å². The van der Waals surface area contributed by atoms with Crippen molar-refractivity contribution in [1.29, 1.82) is 0 Å². The van der Waals surface area contributed by atoms with Crippen LogP contribution < -0.4 is 4.74 Å². The molecule has 0 aromatic heterocycles. The number of ether oxygens (including phenoxy) is 1. The smallest absolute Gasteiger partial charge is 0.323 e. The van der Waals surface area contributed by atoms with Crippen LogP contribution in [0.2, 0.25) is 0 Å². The highest BCUT2D eigenvalue weighted by atomic mass is 32.2. The number of thioether (sulfide) groups is 1. The van der Waals surface area contributed by atoms with Gasteiger partial charge in [-0.2, -0.15) is 16.1 Å². The van der Waals surface area contributed by atoms with E-state index in [1.807, 2.05) is 0 Å². The molecule has 1 heterocycles. The number of nitrogens with zero attached hydrogens (tertiary/aromatic N) is 1. The van der Waals surface area contributed by atoms with Crippen molar-refractivity contribution in [3.05, 3.63) is 48.0 Å². The molecule has 0 saturated carbocycles. The highest BCUT2D eigenvalue weighted by Crippen LogP contribution is 2.38. The van der Waals surface area contributed by atoms with Crippen molar-refractivity contribution in [2.75, 3.05) is 19.4 Å². The van der Waals surface area contributed by atoms with E-state index in [1.54, 1.807) is 44.2 Å². The van der Waals surface area contributed by atoms with Gasteiger partial charge in [-0.05, 0) is 49.2 Å². The summed E-state index contributed by atoms with van der Waals surface area (Å²) in [6.45, 7) is 3.63. The predicted molar refractivity (Wildman–Crippen MR) is 116 cm³/mol. The number of benzene rings is 2. The van der Waals surface area contributed by atoms with Crippen LogP contribution in [0.5, 0.6) is 5.75 Å². The molecule has 2 aromatic rings. The number of carboxylic acids is 1. The van der Waals surface area contributed by atoms with E-state index in [2.05, 4.69) is 0 Å². The second-order valence-electron chi connectivity index (χ2n) is 7.41. The van der Waals surface area contributed by atoms with Crippen LogP contribution in [-0.2, 0) is 14.8 Å². The molecule has 0 bridgehead atoms. The van der Waals surface area contributed by atoms with Gasteiger partial charge >= 0.3 is 5.97 Å². The lowest BCUT2D eigenvalue weighted by Crippen LogP contribution is -2.58. The molecule has 3 rings (SSSR count). The quantitative estimate of drug-likeness (QED) is 0.676. The van der Waals surface area contributed by atoms with Gasteiger partial charge in [0.2, 0.25) is 10.0 Å². The Balaban J connectivity index is 1.95. The highest BCUT2D eigenvalue weighted by Gasteiger charge is 2.48. The lowest BCUT2D eigenvalue weighted by molar-refractivity contribution is -0.142. The Hall–Kier alpha value is -2.36. The largest absolute Gasteiger partial charge is 0.496 e. The first kappa shape index (κ1) is 22.3. The highest BCUT2D eigenvalue weighted by molar-refractivity contribution is 8.00. The zero-order valence-corrected chi connectivity index (χ0v) is 18.5. The number of rotatable bonds is 6. The van der Waals surface area contributed by atoms with E-state index in [9.17, 15) is 23.1 Å². The summed E-state index contributed by atoms with van der Waals surface area (Å²) in [5, 5.41) is 9.68. The topological polar surface area (TPSA) is 101 Å². The van der Waals surface area contributed by atoms with Crippen LogP contribution in [0.3, 0.4) is 0 Å². The van der Waals surface area contributed by atoms with Crippen LogP contribution in [-0.4, -0.2) is 60.3 Å². The summed E-state index contributed by atoms with van der Waals surface area (Å²) < 4.78 is 31.9. The second kappa shape index (κ2) is 8.41. The van der Waals surface area contributed by atoms with Crippen LogP contribution in [0.15, 0.2) is 47.4 Å². The van der Waals surface area contributed by atoms with Crippen molar-refractivity contribution >= 4 is 34.0 Å². The van der Waals surface area contributed by atoms with Crippen molar-refractivity contribution in [1.82, 2.24) is 4.31 Å². The SMILES string of the molecule is COc1ccc(-c2ccc(S(=O)(=O)N3CCSC(C)(C)[C@@H]3C(=O)O)cc2)cc1C=O. The first-order valence-corrected chi connectivity index (χ1v) is 11.7. The van der Waals surface area contributed by atoms with Crippen molar-refractivity contribution in [3.63, 3.8) is 0 Å². The normalized spacial score (nSPS) is 19.2. The average Bonchev–Trinajstić information content (AvgIpc) is 2.72. The summed E-state index contributed by atoms with van der Waals surface area (Å²) in [4.78, 5) is 23.1. The first-order valence-electron chi connectivity index (χ1n) is 9.24. The zero-order chi connectivity index (χ0) is 22.1. The molecule has 0 amide bonds. The molecule has 7 nitrogen and oxygen atoms in total. The maximum absolute atomic E-state index is 13.2. The molecular formula is C21H23NO6S2. The third-order valence-corrected chi connectivity index (χ3v) is 8.35. The molecule has 0 unspecified atom stereocenters. The number of carbonyl (C=O) groups is 2. The molecule has 9 heteroatoms. The fourth-order valence-electron chi connectivity index (χ4n) is 3.59. The Morgan fingerprint density at radius 2 is 1.83 bits per heavy atom. The minimum absolute atomic E-state index is 0.0318. The third kappa shape index (κ3) is 4.10. The molecule has 30 heavy (non-hydrogen) atoms. The third-order valence-electron chi connectivity index (χ3n) is 5.12. The molecule has 160 valence electrons. The van der Waals surface area contributed by atoms with Gasteiger partial charge < -0.3 is 9.84 Å². The number of hydrogen-bond acceptors (Lipinski definition) is 6. The molecule has 0 spiro atoms. The Morgan fingerprint density at radius 3 is 2.40 bits per heavy atom. The summed E-state index contributed by atoms with van der Waals surface area (Å²) in [7, 11) is -2.51. The molecule has 1 N–H and O–H groups in total. The molecule has 2 aromatic carbocycles. The molecule has 1 aliphatic rings. The van der Waals surface area contributed by atoms with Crippen LogP contribution in [0.1, 0.15) is 24.2 Å². The summed E-state index contributed by atoms with van der Waals surface area (Å²) in [5.41, 5.74) is 1.86. The van der Waals surface area contributed by atoms with Gasteiger partial charge in [-0.15, -0.1) is 0 Å². The summed E-state index contributed by atoms with van der Waals surface area (Å²) in [6, 6.07) is 10.2. The molecule has 1 atom stereocenters. The van der Waals surface area contributed by atoms with Crippen LogP contribution in [0.4, 0.5) is 0 Å². The van der Waals surface area contributed by atoms with Gasteiger partial charge in [-0.25, -0.2) is 8.42 Å². The minimum atomic E-state index is -3.99. The maximum Gasteiger partial charge on any atom is 0.323 e. The second-order valence-corrected chi connectivity index (χ2v) is 11.0. The Morgan fingerprint density at radius 1 is 1.20 bits per heavy atom. The fraction of sp³-hybridized carbons (Fsp3) is 0.333. The molecule has 0 radical (unpaired) electrons. The van der Waals surface area contributed by atoms with Gasteiger partial charge in [0.25, 0.3) is 0 Å². The van der Waals surface area contributed by atoms with Crippen LogP contribution in [0.25, 0.3) is 11.1 Å². The van der Waals surface area contributed by atoms with Crippen molar-refractivity contribution in [2.45, 2.75) is 29.5 Å². The first-order chi connectivity index (χ1) is 14.1. The molecule has 1 aliphatic heterocycles. The monoisotopic (exact) mass is 449 g/mol. The molecule has 1 fully saturated rings. The number of methoxy groups -OCH3 is 1. The van der Waals surface area contributed by atoms with E-state index in [4.69, 9.17) is 4.74 Å². The van der Waals surface area contributed by atoms with Crippen molar-refractivity contribution in [3.8, 4) is 16.9 Å². The predicted octanol–water partition coefficient (Wildman–Crippen LogP) is 3.14. The number of carbonyl (C=O) groups excluding carboxylic acids is 1. The lowest BCUT2D eigenvalue weighted by atomic mass is 10.0. The molecule has 0 aliphatic carbocycles. The van der Waals surface area contributed by atoms with Crippen molar-refractivity contribution in [2.24, 2.45) is 0 Å². The van der Waals surface area contributed by atoms with E-state index in [1.165, 1.54) is 31.0 Å². The minimum Gasteiger partial charge on any atom is -0.496 e. The fourth-order valence-corrected chi connectivity index (χ4v) is 6.69. The summed E-state index contributed by atoms with van der Waals surface area (Å²) in [5.74, 6) is -0.181. The zero-order valence-electron chi connectivity index (χ0n) is 16.9. The maximum atomic E-state index is 13.2. The number of aliphatic carboxylic acids is 1. The van der Waals surface area contributed by atoms with E-state index >= 15 is 0 Å². The van der Waals surface area contributed by atoms with Gasteiger partial charge in [0.1, 0.15) is 11.8 Å². The molecular weight excluding hydrogens is 426 g/mol. The van der Waals surface area contributed by atoms with E-state index in [0.29, 0.717) is 23.4 Å². The van der Waals surface area contributed by atoms with Gasteiger partial charge in [0.05, 0.1) is 17.6 Å². The Labute approximate surface area is 180 Å². The molecule has 1 saturated heterocycles. The Bertz CT molecular complexity index is 1060. The van der Waals surface area contributed by atoms with Gasteiger partial charge in [-0.3, -0.25) is 9.59 Å². The Kier molecular flexibility index (Phi) is 6.26. The van der Waals surface area contributed by atoms with Gasteiger partial charge in [0.15, 0.2) is 6.29 Å². The number of carboxylic acid groups (broad SMARTS) is 1. The number of aldehydes is 1. The van der Waals surface area contributed by atoms with Gasteiger partial charge in [-0.1, -0.05) is 18.2 Å². The summed E-state index contributed by atoms with van der Waals surface area (Å²) >= 11 is 1.45. The number of hydrogen-bond donors (Lipinski definition) is 1. The van der Waals surface area contributed by atoms with Crippen LogP contribution in [0, 0.1) is 0 Å².